The van der Waals surface area contributed by atoms with E-state index in [-0.39, 0.29) is 5.91 Å². The third kappa shape index (κ3) is 2.91. The molecule has 0 bridgehead atoms. The molecule has 0 fully saturated rings. The van der Waals surface area contributed by atoms with Gasteiger partial charge in [-0.2, -0.15) is 0 Å². The summed E-state index contributed by atoms with van der Waals surface area (Å²) in [5.41, 5.74) is 2.08. The van der Waals surface area contributed by atoms with Crippen molar-refractivity contribution in [3.63, 3.8) is 0 Å². The van der Waals surface area contributed by atoms with Gasteiger partial charge < -0.3 is 5.32 Å². The highest BCUT2D eigenvalue weighted by Gasteiger charge is 2.08. The number of rotatable bonds is 3. The molecular formula is C13H14N2OS. The normalized spacial score (nSPS) is 10.2. The molecule has 17 heavy (non-hydrogen) atoms. The van der Waals surface area contributed by atoms with Gasteiger partial charge in [-0.25, -0.2) is 4.98 Å². The van der Waals surface area contributed by atoms with Gasteiger partial charge in [0, 0.05) is 5.69 Å². The maximum absolute atomic E-state index is 11.8. The summed E-state index contributed by atoms with van der Waals surface area (Å²) in [6.45, 7) is 3.99. The van der Waals surface area contributed by atoms with Crippen LogP contribution in [0.15, 0.2) is 30.5 Å². The van der Waals surface area contributed by atoms with Crippen molar-refractivity contribution in [1.29, 1.82) is 0 Å². The van der Waals surface area contributed by atoms with Crippen LogP contribution in [0.5, 0.6) is 0 Å². The highest BCUT2D eigenvalue weighted by molar-refractivity contribution is 7.13. The Hall–Kier alpha value is -1.68. The molecule has 1 heterocycles. The monoisotopic (exact) mass is 246 g/mol. The fourth-order valence-corrected chi connectivity index (χ4v) is 2.16. The van der Waals surface area contributed by atoms with E-state index < -0.39 is 0 Å². The average Bonchev–Trinajstić information content (AvgIpc) is 2.77. The molecule has 0 aliphatic carbocycles. The van der Waals surface area contributed by atoms with Gasteiger partial charge in [-0.15, -0.1) is 11.3 Å². The van der Waals surface area contributed by atoms with Crippen LogP contribution in [0.3, 0.4) is 0 Å². The highest BCUT2D eigenvalue weighted by atomic mass is 32.1. The molecule has 3 nitrogen and oxygen atoms in total. The molecule has 2 aromatic rings. The van der Waals surface area contributed by atoms with E-state index in [1.54, 1.807) is 6.20 Å². The van der Waals surface area contributed by atoms with Crippen LogP contribution in [0.1, 0.15) is 27.2 Å². The van der Waals surface area contributed by atoms with Crippen molar-refractivity contribution in [2.45, 2.75) is 20.3 Å². The number of hydrogen-bond acceptors (Lipinski definition) is 3. The second-order valence-corrected chi connectivity index (χ2v) is 4.98. The Morgan fingerprint density at radius 1 is 1.35 bits per heavy atom. The van der Waals surface area contributed by atoms with Crippen LogP contribution in [0, 0.1) is 6.92 Å². The average molecular weight is 246 g/mol. The van der Waals surface area contributed by atoms with E-state index in [9.17, 15) is 4.79 Å². The summed E-state index contributed by atoms with van der Waals surface area (Å²) in [6, 6.07) is 7.89. The molecule has 0 aliphatic rings. The van der Waals surface area contributed by atoms with E-state index in [0.717, 1.165) is 17.1 Å². The van der Waals surface area contributed by atoms with Crippen molar-refractivity contribution < 1.29 is 4.79 Å². The summed E-state index contributed by atoms with van der Waals surface area (Å²) in [4.78, 5) is 16.5. The number of aromatic nitrogens is 1. The quantitative estimate of drug-likeness (QED) is 0.903. The minimum Gasteiger partial charge on any atom is -0.321 e. The highest BCUT2D eigenvalue weighted by Crippen LogP contribution is 2.15. The fraction of sp³-hybridized carbons (Fsp3) is 0.231. The predicted octanol–water partition coefficient (Wildman–Crippen LogP) is 3.27. The van der Waals surface area contributed by atoms with Crippen molar-refractivity contribution in [2.24, 2.45) is 0 Å². The van der Waals surface area contributed by atoms with Crippen LogP contribution < -0.4 is 5.32 Å². The van der Waals surface area contributed by atoms with Crippen molar-refractivity contribution in [3.05, 3.63) is 45.9 Å². The summed E-state index contributed by atoms with van der Waals surface area (Å²) in [5.74, 6) is -0.0974. The molecule has 0 atom stereocenters. The van der Waals surface area contributed by atoms with Gasteiger partial charge in [0.25, 0.3) is 5.91 Å². The standard InChI is InChI=1S/C13H14N2OS/c1-3-10-4-6-11(7-5-10)15-13(16)12-8-14-9(2)17-12/h4-8H,3H2,1-2H3,(H,15,16). The van der Waals surface area contributed by atoms with Crippen molar-refractivity contribution in [3.8, 4) is 0 Å². The zero-order valence-electron chi connectivity index (χ0n) is 9.86. The van der Waals surface area contributed by atoms with E-state index in [2.05, 4.69) is 17.2 Å². The molecule has 0 spiro atoms. The molecule has 0 aliphatic heterocycles. The van der Waals surface area contributed by atoms with Gasteiger partial charge in [-0.05, 0) is 31.0 Å². The van der Waals surface area contributed by atoms with Crippen LogP contribution in [-0.4, -0.2) is 10.9 Å². The van der Waals surface area contributed by atoms with Gasteiger partial charge in [0.1, 0.15) is 4.88 Å². The van der Waals surface area contributed by atoms with Gasteiger partial charge in [-0.1, -0.05) is 19.1 Å². The number of thiazole rings is 1. The molecule has 0 unspecified atom stereocenters. The molecule has 1 aromatic carbocycles. The Bertz CT molecular complexity index is 516. The summed E-state index contributed by atoms with van der Waals surface area (Å²) >= 11 is 1.40. The Labute approximate surface area is 105 Å². The number of benzene rings is 1. The number of nitrogens with one attached hydrogen (secondary N) is 1. The third-order valence-electron chi connectivity index (χ3n) is 2.47. The second kappa shape index (κ2) is 5.10. The lowest BCUT2D eigenvalue weighted by molar-refractivity contribution is 0.103. The predicted molar refractivity (Wildman–Crippen MR) is 70.6 cm³/mol. The van der Waals surface area contributed by atoms with E-state index >= 15 is 0 Å². The number of hydrogen-bond donors (Lipinski definition) is 1. The third-order valence-corrected chi connectivity index (χ3v) is 3.38. The number of aryl methyl sites for hydroxylation is 2. The van der Waals surface area contributed by atoms with E-state index in [0.29, 0.717) is 4.88 Å². The maximum atomic E-state index is 11.8. The Kier molecular flexibility index (Phi) is 3.54. The zero-order chi connectivity index (χ0) is 12.3. The Balaban J connectivity index is 2.07. The fourth-order valence-electron chi connectivity index (χ4n) is 1.48. The molecule has 4 heteroatoms. The number of nitrogens with zero attached hydrogens (tertiary/aromatic N) is 1. The zero-order valence-corrected chi connectivity index (χ0v) is 10.7. The minimum absolute atomic E-state index is 0.0974. The smallest absolute Gasteiger partial charge is 0.267 e. The topological polar surface area (TPSA) is 42.0 Å². The number of anilines is 1. The lowest BCUT2D eigenvalue weighted by Crippen LogP contribution is -2.09. The Morgan fingerprint density at radius 2 is 2.06 bits per heavy atom. The molecular weight excluding hydrogens is 232 g/mol. The molecule has 1 amide bonds. The first-order valence-electron chi connectivity index (χ1n) is 5.51. The Morgan fingerprint density at radius 3 is 2.59 bits per heavy atom. The molecule has 0 saturated heterocycles. The van der Waals surface area contributed by atoms with Crippen LogP contribution in [0.4, 0.5) is 5.69 Å². The molecule has 0 saturated carbocycles. The lowest BCUT2D eigenvalue weighted by atomic mass is 10.1. The summed E-state index contributed by atoms with van der Waals surface area (Å²) < 4.78 is 0. The summed E-state index contributed by atoms with van der Waals surface area (Å²) in [5, 5.41) is 3.75. The van der Waals surface area contributed by atoms with Crippen LogP contribution in [0.25, 0.3) is 0 Å². The minimum atomic E-state index is -0.0974. The largest absolute Gasteiger partial charge is 0.321 e. The first-order chi connectivity index (χ1) is 8.19. The van der Waals surface area contributed by atoms with Crippen LogP contribution in [-0.2, 0) is 6.42 Å². The van der Waals surface area contributed by atoms with Crippen LogP contribution in [0.2, 0.25) is 0 Å². The van der Waals surface area contributed by atoms with Gasteiger partial charge in [0.05, 0.1) is 11.2 Å². The van der Waals surface area contributed by atoms with E-state index in [1.807, 2.05) is 31.2 Å². The second-order valence-electron chi connectivity index (χ2n) is 3.75. The van der Waals surface area contributed by atoms with E-state index in [1.165, 1.54) is 16.9 Å². The first kappa shape index (κ1) is 11.8. The summed E-state index contributed by atoms with van der Waals surface area (Å²) in [6.07, 6.45) is 2.61. The van der Waals surface area contributed by atoms with Gasteiger partial charge >= 0.3 is 0 Å². The molecule has 2 rings (SSSR count). The molecule has 1 aromatic heterocycles. The van der Waals surface area contributed by atoms with Gasteiger partial charge in [0.2, 0.25) is 0 Å². The maximum Gasteiger partial charge on any atom is 0.267 e. The molecule has 0 radical (unpaired) electrons. The molecule has 1 N–H and O–H groups in total. The molecule has 88 valence electrons. The van der Waals surface area contributed by atoms with E-state index in [4.69, 9.17) is 0 Å². The number of amides is 1. The first-order valence-corrected chi connectivity index (χ1v) is 6.33. The number of carbonyl (C=O) groups is 1. The summed E-state index contributed by atoms with van der Waals surface area (Å²) in [7, 11) is 0. The van der Waals surface area contributed by atoms with Crippen molar-refractivity contribution >= 4 is 22.9 Å². The van der Waals surface area contributed by atoms with Crippen molar-refractivity contribution in [2.75, 3.05) is 5.32 Å². The van der Waals surface area contributed by atoms with Gasteiger partial charge in [-0.3, -0.25) is 4.79 Å². The van der Waals surface area contributed by atoms with Gasteiger partial charge in [0.15, 0.2) is 0 Å². The van der Waals surface area contributed by atoms with Crippen LogP contribution >= 0.6 is 11.3 Å². The lowest BCUT2D eigenvalue weighted by Gasteiger charge is -2.04. The SMILES string of the molecule is CCc1ccc(NC(=O)c2cnc(C)s2)cc1. The van der Waals surface area contributed by atoms with Crippen molar-refractivity contribution in [1.82, 2.24) is 4.98 Å². The number of carbonyl (C=O) groups excluding carboxylic acids is 1.